The predicted molar refractivity (Wildman–Crippen MR) is 83.6 cm³/mol. The molecule has 0 fully saturated rings. The quantitative estimate of drug-likeness (QED) is 0.684. The van der Waals surface area contributed by atoms with Crippen molar-refractivity contribution in [3.05, 3.63) is 29.8 Å². The third kappa shape index (κ3) is 7.34. The topological polar surface area (TPSA) is 69.6 Å². The van der Waals surface area contributed by atoms with Gasteiger partial charge in [-0.15, -0.1) is 0 Å². The maximum Gasteiger partial charge on any atom is 0.303 e. The van der Waals surface area contributed by atoms with E-state index in [1.807, 2.05) is 19.0 Å². The first-order valence-electron chi connectivity index (χ1n) is 7.24. The summed E-state index contributed by atoms with van der Waals surface area (Å²) in [5.41, 5.74) is 2.38. The Labute approximate surface area is 126 Å². The molecule has 21 heavy (non-hydrogen) atoms. The van der Waals surface area contributed by atoms with Gasteiger partial charge in [0.1, 0.15) is 0 Å². The molecule has 0 bridgehead atoms. The zero-order valence-corrected chi connectivity index (χ0v) is 12.8. The van der Waals surface area contributed by atoms with Crippen molar-refractivity contribution in [3.8, 4) is 0 Å². The van der Waals surface area contributed by atoms with Gasteiger partial charge in [0, 0.05) is 39.2 Å². The van der Waals surface area contributed by atoms with E-state index in [0.717, 1.165) is 18.5 Å². The summed E-state index contributed by atoms with van der Waals surface area (Å²) in [5.74, 6) is -0.837. The van der Waals surface area contributed by atoms with E-state index in [2.05, 4.69) is 29.6 Å². The fourth-order valence-electron chi connectivity index (χ4n) is 1.97. The number of carbonyl (C=O) groups excluding carboxylic acids is 1. The largest absolute Gasteiger partial charge is 0.481 e. The highest BCUT2D eigenvalue weighted by Gasteiger charge is 2.03. The lowest BCUT2D eigenvalue weighted by Gasteiger charge is -2.12. The summed E-state index contributed by atoms with van der Waals surface area (Å²) in [6.45, 7) is 0.433. The van der Waals surface area contributed by atoms with E-state index in [0.29, 0.717) is 19.4 Å². The third-order valence-corrected chi connectivity index (χ3v) is 3.21. The monoisotopic (exact) mass is 292 g/mol. The Balaban J connectivity index is 2.17. The summed E-state index contributed by atoms with van der Waals surface area (Å²) in [6.07, 6.45) is 2.72. The molecule has 5 heteroatoms. The molecule has 2 N–H and O–H groups in total. The summed E-state index contributed by atoms with van der Waals surface area (Å²) in [6, 6.07) is 8.31. The van der Waals surface area contributed by atoms with Crippen LogP contribution < -0.4 is 10.2 Å². The number of carboxylic acids is 1. The van der Waals surface area contributed by atoms with E-state index in [-0.39, 0.29) is 12.3 Å². The van der Waals surface area contributed by atoms with Crippen molar-refractivity contribution in [2.45, 2.75) is 32.1 Å². The molecule has 0 aliphatic heterocycles. The van der Waals surface area contributed by atoms with Crippen molar-refractivity contribution in [2.24, 2.45) is 0 Å². The van der Waals surface area contributed by atoms with Crippen LogP contribution in [0.25, 0.3) is 0 Å². The second kappa shape index (κ2) is 9.00. The molecule has 1 rings (SSSR count). The minimum absolute atomic E-state index is 0.00898. The van der Waals surface area contributed by atoms with Gasteiger partial charge in [-0.25, -0.2) is 0 Å². The molecule has 0 saturated heterocycles. The van der Waals surface area contributed by atoms with E-state index >= 15 is 0 Å². The Bertz CT molecular complexity index is 455. The number of benzene rings is 1. The molecule has 116 valence electrons. The Morgan fingerprint density at radius 2 is 1.76 bits per heavy atom. The fourth-order valence-corrected chi connectivity index (χ4v) is 1.97. The molecule has 1 amide bonds. The standard InChI is InChI=1S/C16H24N2O3/c1-18(2)14-10-8-13(9-11-14)5-3-6-15(19)17-12-4-7-16(20)21/h8-11H,3-7,12H2,1-2H3,(H,17,19)(H,20,21). The van der Waals surface area contributed by atoms with Gasteiger partial charge in [0.05, 0.1) is 0 Å². The van der Waals surface area contributed by atoms with Gasteiger partial charge >= 0.3 is 5.97 Å². The molecule has 0 aliphatic rings. The van der Waals surface area contributed by atoms with E-state index < -0.39 is 5.97 Å². The average molecular weight is 292 g/mol. The summed E-state index contributed by atoms with van der Waals surface area (Å²) in [7, 11) is 4.01. The van der Waals surface area contributed by atoms with Crippen LogP contribution in [-0.4, -0.2) is 37.6 Å². The second-order valence-electron chi connectivity index (χ2n) is 5.26. The second-order valence-corrected chi connectivity index (χ2v) is 5.26. The maximum absolute atomic E-state index is 11.6. The fraction of sp³-hybridized carbons (Fsp3) is 0.500. The Morgan fingerprint density at radius 1 is 1.10 bits per heavy atom. The third-order valence-electron chi connectivity index (χ3n) is 3.21. The van der Waals surface area contributed by atoms with Crippen LogP contribution in [0.2, 0.25) is 0 Å². The summed E-state index contributed by atoms with van der Waals surface area (Å²) >= 11 is 0. The van der Waals surface area contributed by atoms with Gasteiger partial charge in [0.15, 0.2) is 0 Å². The number of amides is 1. The number of hydrogen-bond acceptors (Lipinski definition) is 3. The van der Waals surface area contributed by atoms with E-state index in [1.54, 1.807) is 0 Å². The average Bonchev–Trinajstić information content (AvgIpc) is 2.44. The van der Waals surface area contributed by atoms with Gasteiger partial charge in [-0.05, 0) is 37.0 Å². The van der Waals surface area contributed by atoms with Crippen LogP contribution in [0.5, 0.6) is 0 Å². The zero-order chi connectivity index (χ0) is 15.7. The van der Waals surface area contributed by atoms with Crippen LogP contribution in [0.3, 0.4) is 0 Å². The van der Waals surface area contributed by atoms with Gasteiger partial charge < -0.3 is 15.3 Å². The van der Waals surface area contributed by atoms with Crippen molar-refractivity contribution in [3.63, 3.8) is 0 Å². The first-order chi connectivity index (χ1) is 9.99. The van der Waals surface area contributed by atoms with Crippen molar-refractivity contribution in [2.75, 3.05) is 25.5 Å². The molecule has 0 unspecified atom stereocenters. The Kier molecular flexibility index (Phi) is 7.29. The number of carbonyl (C=O) groups is 2. The molecule has 0 aromatic heterocycles. The molecule has 1 aromatic rings. The van der Waals surface area contributed by atoms with Gasteiger partial charge in [0.2, 0.25) is 5.91 Å². The lowest BCUT2D eigenvalue weighted by atomic mass is 10.1. The SMILES string of the molecule is CN(C)c1ccc(CCCC(=O)NCCCC(=O)O)cc1. The van der Waals surface area contributed by atoms with Gasteiger partial charge in [-0.1, -0.05) is 12.1 Å². The van der Waals surface area contributed by atoms with Crippen molar-refractivity contribution in [1.82, 2.24) is 5.32 Å². The molecular weight excluding hydrogens is 268 g/mol. The normalized spacial score (nSPS) is 10.2. The Hall–Kier alpha value is -2.04. The number of anilines is 1. The number of nitrogens with one attached hydrogen (secondary N) is 1. The molecule has 0 atom stereocenters. The minimum Gasteiger partial charge on any atom is -0.481 e. The molecule has 0 saturated carbocycles. The van der Waals surface area contributed by atoms with Crippen molar-refractivity contribution >= 4 is 17.6 Å². The number of carboxylic acid groups (broad SMARTS) is 1. The van der Waals surface area contributed by atoms with Gasteiger partial charge in [0.25, 0.3) is 0 Å². The first kappa shape index (κ1) is 17.0. The highest BCUT2D eigenvalue weighted by atomic mass is 16.4. The van der Waals surface area contributed by atoms with Crippen molar-refractivity contribution in [1.29, 1.82) is 0 Å². The highest BCUT2D eigenvalue weighted by Crippen LogP contribution is 2.13. The van der Waals surface area contributed by atoms with Crippen LogP contribution in [0.4, 0.5) is 5.69 Å². The number of rotatable bonds is 9. The van der Waals surface area contributed by atoms with Crippen LogP contribution >= 0.6 is 0 Å². The van der Waals surface area contributed by atoms with Gasteiger partial charge in [-0.3, -0.25) is 9.59 Å². The van der Waals surface area contributed by atoms with E-state index in [4.69, 9.17) is 5.11 Å². The minimum atomic E-state index is -0.828. The van der Waals surface area contributed by atoms with Crippen molar-refractivity contribution < 1.29 is 14.7 Å². The first-order valence-corrected chi connectivity index (χ1v) is 7.24. The van der Waals surface area contributed by atoms with Crippen LogP contribution in [-0.2, 0) is 16.0 Å². The number of aliphatic carboxylic acids is 1. The number of aryl methyl sites for hydroxylation is 1. The maximum atomic E-state index is 11.6. The highest BCUT2D eigenvalue weighted by molar-refractivity contribution is 5.75. The lowest BCUT2D eigenvalue weighted by Crippen LogP contribution is -2.24. The zero-order valence-electron chi connectivity index (χ0n) is 12.8. The van der Waals surface area contributed by atoms with Crippen LogP contribution in [0.1, 0.15) is 31.2 Å². The lowest BCUT2D eigenvalue weighted by molar-refractivity contribution is -0.137. The molecule has 0 radical (unpaired) electrons. The molecule has 1 aromatic carbocycles. The molecule has 0 aliphatic carbocycles. The summed E-state index contributed by atoms with van der Waals surface area (Å²) in [5, 5.41) is 11.2. The smallest absolute Gasteiger partial charge is 0.303 e. The van der Waals surface area contributed by atoms with Gasteiger partial charge in [-0.2, -0.15) is 0 Å². The van der Waals surface area contributed by atoms with E-state index in [1.165, 1.54) is 5.56 Å². The predicted octanol–water partition coefficient (Wildman–Crippen LogP) is 2.06. The van der Waals surface area contributed by atoms with Crippen LogP contribution in [0, 0.1) is 0 Å². The number of hydrogen-bond donors (Lipinski definition) is 2. The Morgan fingerprint density at radius 3 is 2.33 bits per heavy atom. The number of nitrogens with zero attached hydrogens (tertiary/aromatic N) is 1. The molecule has 5 nitrogen and oxygen atoms in total. The summed E-state index contributed by atoms with van der Waals surface area (Å²) in [4.78, 5) is 23.9. The molecular formula is C16H24N2O3. The van der Waals surface area contributed by atoms with E-state index in [9.17, 15) is 9.59 Å². The molecule has 0 spiro atoms. The molecule has 0 heterocycles. The van der Waals surface area contributed by atoms with Crippen LogP contribution in [0.15, 0.2) is 24.3 Å². The summed E-state index contributed by atoms with van der Waals surface area (Å²) < 4.78 is 0.